The standard InChI is InChI=1S/C14H25N5O/c1-5-11-13(15-4)18-9-19-14(11)16-7-6-12(20)17-8-10(2)3/h9-10H,5-8H2,1-4H3,(H,17,20)(H2,15,16,18,19). The molecule has 1 aromatic rings. The van der Waals surface area contributed by atoms with Gasteiger partial charge < -0.3 is 16.0 Å². The van der Waals surface area contributed by atoms with E-state index in [0.717, 1.165) is 30.2 Å². The molecule has 0 radical (unpaired) electrons. The van der Waals surface area contributed by atoms with Crippen LogP contribution in [0.4, 0.5) is 11.6 Å². The minimum atomic E-state index is 0.0622. The molecule has 0 unspecified atom stereocenters. The Kier molecular flexibility index (Phi) is 6.76. The molecule has 20 heavy (non-hydrogen) atoms. The van der Waals surface area contributed by atoms with Crippen molar-refractivity contribution in [3.8, 4) is 0 Å². The maximum atomic E-state index is 11.6. The molecule has 0 spiro atoms. The van der Waals surface area contributed by atoms with Crippen LogP contribution in [0, 0.1) is 5.92 Å². The average molecular weight is 279 g/mol. The van der Waals surface area contributed by atoms with E-state index in [1.807, 2.05) is 7.05 Å². The smallest absolute Gasteiger partial charge is 0.221 e. The number of anilines is 2. The number of aromatic nitrogens is 2. The second-order valence-corrected chi connectivity index (χ2v) is 5.03. The van der Waals surface area contributed by atoms with Gasteiger partial charge in [-0.3, -0.25) is 4.79 Å². The van der Waals surface area contributed by atoms with E-state index in [1.165, 1.54) is 6.33 Å². The Hall–Kier alpha value is -1.85. The summed E-state index contributed by atoms with van der Waals surface area (Å²) in [4.78, 5) is 20.0. The highest BCUT2D eigenvalue weighted by Crippen LogP contribution is 2.19. The van der Waals surface area contributed by atoms with Gasteiger partial charge in [-0.25, -0.2) is 9.97 Å². The number of hydrogen-bond acceptors (Lipinski definition) is 5. The van der Waals surface area contributed by atoms with Crippen LogP contribution in [-0.2, 0) is 11.2 Å². The molecule has 0 aliphatic carbocycles. The summed E-state index contributed by atoms with van der Waals surface area (Å²) in [6, 6.07) is 0. The zero-order valence-electron chi connectivity index (χ0n) is 12.8. The lowest BCUT2D eigenvalue weighted by Gasteiger charge is -2.13. The lowest BCUT2D eigenvalue weighted by molar-refractivity contribution is -0.120. The molecule has 6 heteroatoms. The summed E-state index contributed by atoms with van der Waals surface area (Å²) >= 11 is 0. The van der Waals surface area contributed by atoms with Gasteiger partial charge in [-0.1, -0.05) is 20.8 Å². The third-order valence-corrected chi connectivity index (χ3v) is 2.89. The van der Waals surface area contributed by atoms with Crippen LogP contribution in [0.2, 0.25) is 0 Å². The molecule has 1 amide bonds. The molecule has 1 aromatic heterocycles. The third-order valence-electron chi connectivity index (χ3n) is 2.89. The fraction of sp³-hybridized carbons (Fsp3) is 0.643. The van der Waals surface area contributed by atoms with Gasteiger partial charge in [0, 0.05) is 32.1 Å². The van der Waals surface area contributed by atoms with E-state index in [1.54, 1.807) is 0 Å². The SMILES string of the molecule is CCc1c(NC)ncnc1NCCC(=O)NCC(C)C. The normalized spacial score (nSPS) is 10.4. The molecule has 0 saturated heterocycles. The van der Waals surface area contributed by atoms with Crippen molar-refractivity contribution in [3.63, 3.8) is 0 Å². The van der Waals surface area contributed by atoms with Gasteiger partial charge in [-0.15, -0.1) is 0 Å². The van der Waals surface area contributed by atoms with E-state index in [4.69, 9.17) is 0 Å². The average Bonchev–Trinajstić information content (AvgIpc) is 2.44. The first kappa shape index (κ1) is 16.2. The minimum Gasteiger partial charge on any atom is -0.373 e. The van der Waals surface area contributed by atoms with Gasteiger partial charge in [0.1, 0.15) is 18.0 Å². The van der Waals surface area contributed by atoms with E-state index < -0.39 is 0 Å². The summed E-state index contributed by atoms with van der Waals surface area (Å²) in [5.41, 5.74) is 1.04. The number of rotatable bonds is 8. The van der Waals surface area contributed by atoms with E-state index >= 15 is 0 Å². The first-order chi connectivity index (χ1) is 9.58. The Morgan fingerprint density at radius 3 is 2.60 bits per heavy atom. The molecule has 3 N–H and O–H groups in total. The van der Waals surface area contributed by atoms with Crippen molar-refractivity contribution in [1.29, 1.82) is 0 Å². The van der Waals surface area contributed by atoms with E-state index in [0.29, 0.717) is 18.9 Å². The highest BCUT2D eigenvalue weighted by molar-refractivity contribution is 5.76. The zero-order valence-corrected chi connectivity index (χ0v) is 12.8. The van der Waals surface area contributed by atoms with Crippen molar-refractivity contribution in [1.82, 2.24) is 15.3 Å². The van der Waals surface area contributed by atoms with Crippen LogP contribution >= 0.6 is 0 Å². The monoisotopic (exact) mass is 279 g/mol. The molecule has 1 heterocycles. The number of amides is 1. The molecule has 0 aromatic carbocycles. The molecule has 6 nitrogen and oxygen atoms in total. The number of hydrogen-bond donors (Lipinski definition) is 3. The van der Waals surface area contributed by atoms with Crippen LogP contribution in [-0.4, -0.2) is 36.0 Å². The van der Waals surface area contributed by atoms with Gasteiger partial charge >= 0.3 is 0 Å². The summed E-state index contributed by atoms with van der Waals surface area (Å²) in [7, 11) is 1.84. The largest absolute Gasteiger partial charge is 0.373 e. The van der Waals surface area contributed by atoms with Crippen LogP contribution in [0.3, 0.4) is 0 Å². The highest BCUT2D eigenvalue weighted by Gasteiger charge is 2.09. The fourth-order valence-electron chi connectivity index (χ4n) is 1.82. The molecule has 0 bridgehead atoms. The molecule has 0 fully saturated rings. The van der Waals surface area contributed by atoms with E-state index in [-0.39, 0.29) is 5.91 Å². The Balaban J connectivity index is 2.48. The van der Waals surface area contributed by atoms with Crippen molar-refractivity contribution < 1.29 is 4.79 Å². The van der Waals surface area contributed by atoms with E-state index in [2.05, 4.69) is 46.7 Å². The van der Waals surface area contributed by atoms with Gasteiger partial charge in [0.05, 0.1) is 0 Å². The molecule has 112 valence electrons. The summed E-state index contributed by atoms with van der Waals surface area (Å²) in [5, 5.41) is 9.15. The Labute approximate surface area is 120 Å². The number of carbonyl (C=O) groups is 1. The van der Waals surface area contributed by atoms with Crippen LogP contribution in [0.25, 0.3) is 0 Å². The molecule has 0 saturated carbocycles. The Morgan fingerprint density at radius 2 is 2.00 bits per heavy atom. The van der Waals surface area contributed by atoms with Gasteiger partial charge in [0.2, 0.25) is 5.91 Å². The maximum absolute atomic E-state index is 11.6. The summed E-state index contributed by atoms with van der Waals surface area (Å²) in [6.45, 7) is 7.49. The zero-order chi connectivity index (χ0) is 15.0. The topological polar surface area (TPSA) is 78.9 Å². The predicted molar refractivity (Wildman–Crippen MR) is 81.9 cm³/mol. The molecule has 0 atom stereocenters. The van der Waals surface area contributed by atoms with E-state index in [9.17, 15) is 4.79 Å². The van der Waals surface area contributed by atoms with Crippen molar-refractivity contribution in [2.45, 2.75) is 33.6 Å². The van der Waals surface area contributed by atoms with Crippen LogP contribution < -0.4 is 16.0 Å². The summed E-state index contributed by atoms with van der Waals surface area (Å²) < 4.78 is 0. The highest BCUT2D eigenvalue weighted by atomic mass is 16.1. The first-order valence-corrected chi connectivity index (χ1v) is 7.10. The Bertz CT molecular complexity index is 434. The molecule has 0 aliphatic heterocycles. The van der Waals surface area contributed by atoms with Gasteiger partial charge in [0.15, 0.2) is 0 Å². The summed E-state index contributed by atoms with van der Waals surface area (Å²) in [5.74, 6) is 2.16. The van der Waals surface area contributed by atoms with Crippen molar-refractivity contribution in [2.24, 2.45) is 5.92 Å². The van der Waals surface area contributed by atoms with Gasteiger partial charge in [-0.05, 0) is 12.3 Å². The fourth-order valence-corrected chi connectivity index (χ4v) is 1.82. The molecule has 1 rings (SSSR count). The van der Waals surface area contributed by atoms with Crippen LogP contribution in [0.15, 0.2) is 6.33 Å². The number of nitrogens with zero attached hydrogens (tertiary/aromatic N) is 2. The Morgan fingerprint density at radius 1 is 1.30 bits per heavy atom. The second-order valence-electron chi connectivity index (χ2n) is 5.03. The van der Waals surface area contributed by atoms with Gasteiger partial charge in [0.25, 0.3) is 0 Å². The van der Waals surface area contributed by atoms with Crippen molar-refractivity contribution >= 4 is 17.5 Å². The number of nitrogens with one attached hydrogen (secondary N) is 3. The minimum absolute atomic E-state index is 0.0622. The quantitative estimate of drug-likeness (QED) is 0.674. The van der Waals surface area contributed by atoms with Crippen molar-refractivity contribution in [2.75, 3.05) is 30.8 Å². The molecule has 0 aliphatic rings. The molecular weight excluding hydrogens is 254 g/mol. The third kappa shape index (κ3) is 5.03. The maximum Gasteiger partial charge on any atom is 0.221 e. The van der Waals surface area contributed by atoms with Crippen LogP contribution in [0.5, 0.6) is 0 Å². The first-order valence-electron chi connectivity index (χ1n) is 7.10. The number of carbonyl (C=O) groups excluding carboxylic acids is 1. The van der Waals surface area contributed by atoms with Crippen LogP contribution in [0.1, 0.15) is 32.8 Å². The van der Waals surface area contributed by atoms with Gasteiger partial charge in [-0.2, -0.15) is 0 Å². The summed E-state index contributed by atoms with van der Waals surface area (Å²) in [6.07, 6.45) is 2.79. The predicted octanol–water partition coefficient (Wildman–Crippen LogP) is 1.65. The molecular formula is C14H25N5O. The van der Waals surface area contributed by atoms with Crippen molar-refractivity contribution in [3.05, 3.63) is 11.9 Å². The lowest BCUT2D eigenvalue weighted by Crippen LogP contribution is -2.28. The second kappa shape index (κ2) is 8.35. The lowest BCUT2D eigenvalue weighted by atomic mass is 10.2.